The van der Waals surface area contributed by atoms with Crippen molar-refractivity contribution in [3.63, 3.8) is 0 Å². The maximum atomic E-state index is 12.7. The molecular weight excluding hydrogens is 804 g/mol. The van der Waals surface area contributed by atoms with Gasteiger partial charge in [-0.15, -0.1) is 0 Å². The van der Waals surface area contributed by atoms with E-state index in [0.29, 0.717) is 12.8 Å². The summed E-state index contributed by atoms with van der Waals surface area (Å²) >= 11 is 0. The molecule has 0 saturated heterocycles. The Hall–Kier alpha value is -1.81. The molecule has 0 aromatic rings. The molecule has 62 heavy (non-hydrogen) atoms. The van der Waals surface area contributed by atoms with Crippen molar-refractivity contribution >= 4 is 19.8 Å². The summed E-state index contributed by atoms with van der Waals surface area (Å²) in [7, 11) is -4.63. The molecule has 0 saturated carbocycles. The molecule has 0 amide bonds. The standard InChI is InChI=1S/C51H95O10P/c1-3-5-7-9-11-13-15-17-19-21-22-23-24-25-27-28-30-32-34-36-38-40-42-50(54)58-46-49(47-60-62(56,57)59-45-48(53)44-52)61-51(55)43-41-39-37-35-33-31-29-26-20-18-16-14-12-10-8-6-4-2/h12,14,18,20,29,31,48-49,52-53H,3-11,13,15-17,19,21-28,30,32-47H2,1-2H3,(H,56,57)/b14-12+,20-18+,31-29+/t48-,49-/m1/s1. The van der Waals surface area contributed by atoms with Crippen LogP contribution in [0.3, 0.4) is 0 Å². The minimum Gasteiger partial charge on any atom is -0.462 e. The van der Waals surface area contributed by atoms with Gasteiger partial charge in [0.1, 0.15) is 12.7 Å². The number of carbonyl (C=O) groups is 2. The second-order valence-corrected chi connectivity index (χ2v) is 18.7. The van der Waals surface area contributed by atoms with Crippen molar-refractivity contribution < 1.29 is 47.8 Å². The first kappa shape index (κ1) is 60.2. The van der Waals surface area contributed by atoms with Crippen LogP contribution in [-0.4, -0.2) is 65.7 Å². The Labute approximate surface area is 380 Å². The molecule has 0 spiro atoms. The number of aliphatic hydroxyl groups excluding tert-OH is 2. The number of aliphatic hydroxyl groups is 2. The zero-order valence-electron chi connectivity index (χ0n) is 39.8. The van der Waals surface area contributed by atoms with Crippen molar-refractivity contribution in [1.82, 2.24) is 0 Å². The molecule has 3 N–H and O–H groups in total. The molecule has 0 aliphatic rings. The van der Waals surface area contributed by atoms with E-state index in [0.717, 1.165) is 57.8 Å². The van der Waals surface area contributed by atoms with Crippen molar-refractivity contribution in [2.45, 2.75) is 251 Å². The first-order valence-corrected chi connectivity index (χ1v) is 26.9. The average Bonchev–Trinajstić information content (AvgIpc) is 3.26. The molecule has 11 heteroatoms. The summed E-state index contributed by atoms with van der Waals surface area (Å²) in [5, 5.41) is 18.4. The molecule has 0 rings (SSSR count). The van der Waals surface area contributed by atoms with Crippen LogP contribution in [0.1, 0.15) is 239 Å². The number of ether oxygens (including phenoxy) is 2. The lowest BCUT2D eigenvalue weighted by Gasteiger charge is -2.20. The van der Waals surface area contributed by atoms with E-state index in [2.05, 4.69) is 50.3 Å². The second kappa shape index (κ2) is 47.2. The summed E-state index contributed by atoms with van der Waals surface area (Å²) < 4.78 is 32.8. The van der Waals surface area contributed by atoms with Crippen LogP contribution in [0.25, 0.3) is 0 Å². The first-order chi connectivity index (χ1) is 30.2. The van der Waals surface area contributed by atoms with Gasteiger partial charge in [0.2, 0.25) is 0 Å². The number of phosphoric ester groups is 1. The van der Waals surface area contributed by atoms with Crippen LogP contribution < -0.4 is 0 Å². The summed E-state index contributed by atoms with van der Waals surface area (Å²) in [5.74, 6) is -0.940. The molecule has 10 nitrogen and oxygen atoms in total. The van der Waals surface area contributed by atoms with Gasteiger partial charge < -0.3 is 24.6 Å². The highest BCUT2D eigenvalue weighted by molar-refractivity contribution is 7.47. The van der Waals surface area contributed by atoms with E-state index in [-0.39, 0.29) is 19.4 Å². The van der Waals surface area contributed by atoms with Crippen LogP contribution in [0.15, 0.2) is 36.5 Å². The van der Waals surface area contributed by atoms with Gasteiger partial charge in [-0.2, -0.15) is 0 Å². The minimum atomic E-state index is -4.63. The van der Waals surface area contributed by atoms with Gasteiger partial charge in [0.25, 0.3) is 0 Å². The van der Waals surface area contributed by atoms with Crippen molar-refractivity contribution in [1.29, 1.82) is 0 Å². The third-order valence-corrected chi connectivity index (χ3v) is 12.0. The number of hydrogen-bond donors (Lipinski definition) is 3. The van der Waals surface area contributed by atoms with E-state index >= 15 is 0 Å². The van der Waals surface area contributed by atoms with Crippen LogP contribution in [0, 0.1) is 0 Å². The summed E-state index contributed by atoms with van der Waals surface area (Å²) in [5.41, 5.74) is 0. The van der Waals surface area contributed by atoms with Gasteiger partial charge in [0, 0.05) is 12.8 Å². The summed E-state index contributed by atoms with van der Waals surface area (Å²) in [6.45, 7) is 2.37. The molecule has 0 heterocycles. The highest BCUT2D eigenvalue weighted by Gasteiger charge is 2.27. The van der Waals surface area contributed by atoms with E-state index in [1.807, 2.05) is 0 Å². The Bertz CT molecular complexity index is 1130. The van der Waals surface area contributed by atoms with Gasteiger partial charge in [0.05, 0.1) is 19.8 Å². The maximum Gasteiger partial charge on any atom is 0.472 e. The van der Waals surface area contributed by atoms with Crippen LogP contribution in [0.4, 0.5) is 0 Å². The SMILES string of the molecule is CCCCC/C=C/C/C=C/C/C=C/CCCCCCC(=O)O[C@H](COC(=O)CCCCCCCCCCCCCCCCCCCCCCCC)COP(=O)(O)OC[C@H](O)CO. The van der Waals surface area contributed by atoms with Crippen LogP contribution in [0.2, 0.25) is 0 Å². The predicted octanol–water partition coefficient (Wildman–Crippen LogP) is 14.3. The van der Waals surface area contributed by atoms with E-state index in [9.17, 15) is 24.2 Å². The fourth-order valence-electron chi connectivity index (χ4n) is 7.12. The van der Waals surface area contributed by atoms with Gasteiger partial charge in [-0.25, -0.2) is 4.57 Å². The lowest BCUT2D eigenvalue weighted by Crippen LogP contribution is -2.29. The largest absolute Gasteiger partial charge is 0.472 e. The third-order valence-electron chi connectivity index (χ3n) is 11.0. The highest BCUT2D eigenvalue weighted by Crippen LogP contribution is 2.43. The zero-order valence-corrected chi connectivity index (χ0v) is 40.7. The molecule has 0 aliphatic heterocycles. The first-order valence-electron chi connectivity index (χ1n) is 25.4. The average molecular weight is 899 g/mol. The molecule has 0 aliphatic carbocycles. The second-order valence-electron chi connectivity index (χ2n) is 17.2. The van der Waals surface area contributed by atoms with Crippen LogP contribution in [0.5, 0.6) is 0 Å². The zero-order chi connectivity index (χ0) is 45.5. The van der Waals surface area contributed by atoms with Gasteiger partial charge >= 0.3 is 19.8 Å². The van der Waals surface area contributed by atoms with Crippen molar-refractivity contribution in [3.05, 3.63) is 36.5 Å². The third kappa shape index (κ3) is 46.2. The Morgan fingerprint density at radius 1 is 0.484 bits per heavy atom. The monoisotopic (exact) mass is 899 g/mol. The Morgan fingerprint density at radius 2 is 0.839 bits per heavy atom. The van der Waals surface area contributed by atoms with Crippen molar-refractivity contribution in [2.75, 3.05) is 26.4 Å². The molecule has 0 bridgehead atoms. The Morgan fingerprint density at radius 3 is 1.29 bits per heavy atom. The van der Waals surface area contributed by atoms with Crippen molar-refractivity contribution in [2.24, 2.45) is 0 Å². The number of rotatable bonds is 48. The summed E-state index contributed by atoms with van der Waals surface area (Å²) in [4.78, 5) is 35.1. The number of unbranched alkanes of at least 4 members (excludes halogenated alkanes) is 28. The molecule has 1 unspecified atom stereocenters. The Kier molecular flexibility index (Phi) is 45.8. The van der Waals surface area contributed by atoms with E-state index in [1.54, 1.807) is 0 Å². The molecule has 0 fully saturated rings. The minimum absolute atomic E-state index is 0.160. The maximum absolute atomic E-state index is 12.7. The van der Waals surface area contributed by atoms with Crippen LogP contribution >= 0.6 is 7.82 Å². The molecular formula is C51H95O10P. The van der Waals surface area contributed by atoms with Gasteiger partial charge in [-0.3, -0.25) is 18.6 Å². The number of hydrogen-bond acceptors (Lipinski definition) is 9. The number of carbonyl (C=O) groups excluding carboxylic acids is 2. The number of allylic oxidation sites excluding steroid dienone is 6. The number of esters is 2. The highest BCUT2D eigenvalue weighted by atomic mass is 31.2. The van der Waals surface area contributed by atoms with E-state index < -0.39 is 51.8 Å². The molecule has 0 radical (unpaired) electrons. The quantitative estimate of drug-likeness (QED) is 0.0233. The molecule has 3 atom stereocenters. The normalized spacial score (nSPS) is 14.0. The van der Waals surface area contributed by atoms with Gasteiger partial charge in [-0.05, 0) is 51.4 Å². The lowest BCUT2D eigenvalue weighted by molar-refractivity contribution is -0.161. The predicted molar refractivity (Wildman–Crippen MR) is 256 cm³/mol. The number of phosphoric acid groups is 1. The summed E-state index contributed by atoms with van der Waals surface area (Å²) in [6, 6.07) is 0. The van der Waals surface area contributed by atoms with E-state index in [4.69, 9.17) is 23.6 Å². The van der Waals surface area contributed by atoms with Gasteiger partial charge in [0.15, 0.2) is 6.10 Å². The molecule has 0 aromatic carbocycles. The Balaban J connectivity index is 4.17. The topological polar surface area (TPSA) is 149 Å². The van der Waals surface area contributed by atoms with Gasteiger partial charge in [-0.1, -0.05) is 211 Å². The lowest BCUT2D eigenvalue weighted by atomic mass is 10.0. The van der Waals surface area contributed by atoms with Crippen LogP contribution in [-0.2, 0) is 32.7 Å². The van der Waals surface area contributed by atoms with E-state index in [1.165, 1.54) is 141 Å². The summed E-state index contributed by atoms with van der Waals surface area (Å²) in [6.07, 6.45) is 51.1. The fourth-order valence-corrected chi connectivity index (χ4v) is 7.91. The molecule has 0 aromatic heterocycles. The molecule has 364 valence electrons. The fraction of sp³-hybridized carbons (Fsp3) is 0.843. The van der Waals surface area contributed by atoms with Crippen molar-refractivity contribution in [3.8, 4) is 0 Å². The smallest absolute Gasteiger partial charge is 0.462 e.